The number of halogens is 1. The normalized spacial score (nSPS) is 11.9. The highest BCUT2D eigenvalue weighted by atomic mass is 79.9. The predicted octanol–water partition coefficient (Wildman–Crippen LogP) is 4.01. The molecule has 0 aliphatic carbocycles. The smallest absolute Gasteiger partial charge is 0.319 e. The Bertz CT molecular complexity index is 378. The monoisotopic (exact) mass is 314 g/mol. The van der Waals surface area contributed by atoms with Crippen molar-refractivity contribution in [3.8, 4) is 0 Å². The zero-order chi connectivity index (χ0) is 12.7. The van der Waals surface area contributed by atoms with Crippen molar-refractivity contribution >= 4 is 33.7 Å². The van der Waals surface area contributed by atoms with Crippen LogP contribution in [0.15, 0.2) is 46.3 Å². The van der Waals surface area contributed by atoms with Crippen molar-refractivity contribution in [3.05, 3.63) is 41.4 Å². The van der Waals surface area contributed by atoms with Crippen LogP contribution in [0.25, 0.3) is 0 Å². The van der Waals surface area contributed by atoms with Gasteiger partial charge in [-0.2, -0.15) is 0 Å². The summed E-state index contributed by atoms with van der Waals surface area (Å²) in [6.07, 6.45) is 0.568. The summed E-state index contributed by atoms with van der Waals surface area (Å²) < 4.78 is 5.86. The first-order valence-corrected chi connectivity index (χ1v) is 7.02. The second-order valence-corrected chi connectivity index (χ2v) is 5.79. The molecule has 0 radical (unpaired) electrons. The molecule has 1 unspecified atom stereocenters. The number of rotatable bonds is 6. The van der Waals surface area contributed by atoms with E-state index in [2.05, 4.69) is 22.5 Å². The van der Waals surface area contributed by atoms with E-state index in [1.807, 2.05) is 37.3 Å². The lowest BCUT2D eigenvalue weighted by atomic mass is 10.3. The van der Waals surface area contributed by atoms with Gasteiger partial charge in [0.1, 0.15) is 5.25 Å². The van der Waals surface area contributed by atoms with E-state index in [1.54, 1.807) is 0 Å². The molecule has 4 heteroatoms. The molecule has 2 nitrogen and oxygen atoms in total. The Morgan fingerprint density at radius 3 is 2.65 bits per heavy atom. The van der Waals surface area contributed by atoms with Gasteiger partial charge in [0.2, 0.25) is 0 Å². The van der Waals surface area contributed by atoms with Crippen molar-refractivity contribution < 1.29 is 9.53 Å². The molecule has 17 heavy (non-hydrogen) atoms. The quantitative estimate of drug-likeness (QED) is 0.586. The van der Waals surface area contributed by atoms with Gasteiger partial charge in [0, 0.05) is 11.3 Å². The third-order valence-electron chi connectivity index (χ3n) is 1.98. The van der Waals surface area contributed by atoms with Crippen LogP contribution >= 0.6 is 27.7 Å². The minimum atomic E-state index is -0.246. The van der Waals surface area contributed by atoms with Crippen LogP contribution < -0.4 is 0 Å². The van der Waals surface area contributed by atoms with E-state index < -0.39 is 0 Å². The first-order valence-electron chi connectivity index (χ1n) is 5.35. The summed E-state index contributed by atoms with van der Waals surface area (Å²) in [5, 5.41) is -0.246. The Labute approximate surface area is 115 Å². The molecule has 0 saturated carbocycles. The molecule has 0 spiro atoms. The van der Waals surface area contributed by atoms with Crippen LogP contribution in [0.2, 0.25) is 0 Å². The molecule has 1 aromatic rings. The van der Waals surface area contributed by atoms with Gasteiger partial charge in [-0.15, -0.1) is 11.8 Å². The number of ether oxygens (including phenoxy) is 1. The van der Waals surface area contributed by atoms with Crippen molar-refractivity contribution in [2.45, 2.75) is 23.5 Å². The molecule has 1 aromatic carbocycles. The Balaban J connectivity index is 2.70. The van der Waals surface area contributed by atoms with Crippen molar-refractivity contribution in [2.75, 3.05) is 6.61 Å². The van der Waals surface area contributed by atoms with Crippen LogP contribution in [0.3, 0.4) is 0 Å². The van der Waals surface area contributed by atoms with Crippen LogP contribution in [0, 0.1) is 0 Å². The van der Waals surface area contributed by atoms with Gasteiger partial charge < -0.3 is 4.74 Å². The van der Waals surface area contributed by atoms with E-state index in [9.17, 15) is 4.79 Å². The Morgan fingerprint density at radius 2 is 2.12 bits per heavy atom. The molecule has 0 aliphatic rings. The van der Waals surface area contributed by atoms with Crippen LogP contribution in [-0.2, 0) is 9.53 Å². The highest BCUT2D eigenvalue weighted by molar-refractivity contribution is 9.11. The molecule has 0 saturated heterocycles. The minimum absolute atomic E-state index is 0.193. The molecule has 0 aliphatic heterocycles. The number of thioether (sulfide) groups is 1. The number of carbonyl (C=O) groups excluding carboxylic acids is 1. The molecule has 0 N–H and O–H groups in total. The highest BCUT2D eigenvalue weighted by Gasteiger charge is 2.21. The summed E-state index contributed by atoms with van der Waals surface area (Å²) in [4.78, 5) is 12.8. The van der Waals surface area contributed by atoms with Gasteiger partial charge in [0.25, 0.3) is 0 Å². The average molecular weight is 315 g/mol. The van der Waals surface area contributed by atoms with Gasteiger partial charge in [0.05, 0.1) is 6.61 Å². The predicted molar refractivity (Wildman–Crippen MR) is 75.4 cm³/mol. The van der Waals surface area contributed by atoms with E-state index in [0.29, 0.717) is 13.0 Å². The molecule has 0 fully saturated rings. The van der Waals surface area contributed by atoms with E-state index in [0.717, 1.165) is 9.38 Å². The lowest BCUT2D eigenvalue weighted by molar-refractivity contribution is -0.142. The second kappa shape index (κ2) is 7.56. The molecular formula is C13H15BrO2S. The molecule has 92 valence electrons. The third-order valence-corrected chi connectivity index (χ3v) is 3.49. The van der Waals surface area contributed by atoms with Crippen molar-refractivity contribution in [1.29, 1.82) is 0 Å². The van der Waals surface area contributed by atoms with E-state index in [1.165, 1.54) is 11.8 Å². The molecule has 0 heterocycles. The average Bonchev–Trinajstić information content (AvgIpc) is 2.29. The lowest BCUT2D eigenvalue weighted by Crippen LogP contribution is -2.20. The first-order chi connectivity index (χ1) is 8.13. The number of esters is 1. The fourth-order valence-electron chi connectivity index (χ4n) is 1.27. The summed E-state index contributed by atoms with van der Waals surface area (Å²) in [5.74, 6) is -0.193. The largest absolute Gasteiger partial charge is 0.465 e. The van der Waals surface area contributed by atoms with Crippen molar-refractivity contribution in [1.82, 2.24) is 0 Å². The zero-order valence-corrected chi connectivity index (χ0v) is 12.1. The topological polar surface area (TPSA) is 26.3 Å². The number of hydrogen-bond acceptors (Lipinski definition) is 3. The number of carbonyl (C=O) groups is 1. The van der Waals surface area contributed by atoms with Gasteiger partial charge in [-0.25, -0.2) is 0 Å². The van der Waals surface area contributed by atoms with Gasteiger partial charge in [0.15, 0.2) is 0 Å². The van der Waals surface area contributed by atoms with E-state index in [-0.39, 0.29) is 11.2 Å². The SMILES string of the molecule is C=C(Br)CC(Sc1ccccc1)C(=O)OCC. The fourth-order valence-corrected chi connectivity index (χ4v) is 2.90. The summed E-state index contributed by atoms with van der Waals surface area (Å²) in [7, 11) is 0. The number of hydrogen-bond donors (Lipinski definition) is 0. The summed E-state index contributed by atoms with van der Waals surface area (Å²) in [6, 6.07) is 9.82. The van der Waals surface area contributed by atoms with E-state index in [4.69, 9.17) is 4.74 Å². The van der Waals surface area contributed by atoms with E-state index >= 15 is 0 Å². The fraction of sp³-hybridized carbons (Fsp3) is 0.308. The van der Waals surface area contributed by atoms with Crippen LogP contribution in [0.1, 0.15) is 13.3 Å². The standard InChI is InChI=1S/C13H15BrO2S/c1-3-16-13(15)12(9-10(2)14)17-11-7-5-4-6-8-11/h4-8,12H,2-3,9H2,1H3. The molecule has 0 amide bonds. The Hall–Kier alpha value is -0.740. The number of benzene rings is 1. The molecular weight excluding hydrogens is 300 g/mol. The third kappa shape index (κ3) is 5.41. The van der Waals surface area contributed by atoms with Crippen LogP contribution in [0.4, 0.5) is 0 Å². The zero-order valence-electron chi connectivity index (χ0n) is 9.69. The molecule has 1 rings (SSSR count). The highest BCUT2D eigenvalue weighted by Crippen LogP contribution is 2.29. The van der Waals surface area contributed by atoms with Crippen molar-refractivity contribution in [2.24, 2.45) is 0 Å². The lowest BCUT2D eigenvalue weighted by Gasteiger charge is -2.14. The summed E-state index contributed by atoms with van der Waals surface area (Å²) in [5.41, 5.74) is 0. The number of allylic oxidation sites excluding steroid dienone is 1. The van der Waals surface area contributed by atoms with Crippen LogP contribution in [0.5, 0.6) is 0 Å². The van der Waals surface area contributed by atoms with Gasteiger partial charge >= 0.3 is 5.97 Å². The molecule has 0 bridgehead atoms. The van der Waals surface area contributed by atoms with Gasteiger partial charge in [-0.3, -0.25) is 4.79 Å². The van der Waals surface area contributed by atoms with Gasteiger partial charge in [-0.05, 0) is 23.5 Å². The molecule has 1 atom stereocenters. The summed E-state index contributed by atoms with van der Waals surface area (Å²) in [6.45, 7) is 5.99. The minimum Gasteiger partial charge on any atom is -0.465 e. The second-order valence-electron chi connectivity index (χ2n) is 3.39. The molecule has 0 aromatic heterocycles. The Kier molecular flexibility index (Phi) is 6.37. The maximum absolute atomic E-state index is 11.8. The maximum atomic E-state index is 11.8. The van der Waals surface area contributed by atoms with Crippen molar-refractivity contribution in [3.63, 3.8) is 0 Å². The van der Waals surface area contributed by atoms with Crippen LogP contribution in [-0.4, -0.2) is 17.8 Å². The summed E-state index contributed by atoms with van der Waals surface area (Å²) >= 11 is 4.79. The first kappa shape index (κ1) is 14.3. The Morgan fingerprint density at radius 1 is 1.47 bits per heavy atom. The van der Waals surface area contributed by atoms with Gasteiger partial charge in [-0.1, -0.05) is 40.7 Å². The maximum Gasteiger partial charge on any atom is 0.319 e.